The van der Waals surface area contributed by atoms with E-state index in [1.54, 1.807) is 0 Å². The number of rotatable bonds is 6. The third-order valence-corrected chi connectivity index (χ3v) is 2.29. The Morgan fingerprint density at radius 2 is 1.80 bits per heavy atom. The van der Waals surface area contributed by atoms with Crippen molar-refractivity contribution in [3.8, 4) is 0 Å². The molecule has 0 heterocycles. The molecule has 15 heavy (non-hydrogen) atoms. The number of hydrogen-bond acceptors (Lipinski definition) is 3. The summed E-state index contributed by atoms with van der Waals surface area (Å²) in [7, 11) is 0. The SMILES string of the molecule is CCC(O)(CC)CNC(=O)C=CC(=O)O. The molecule has 0 saturated carbocycles. The quantitative estimate of drug-likeness (QED) is 0.556. The van der Waals surface area contributed by atoms with Crippen LogP contribution in [0.25, 0.3) is 0 Å². The zero-order chi connectivity index (χ0) is 11.9. The lowest BCUT2D eigenvalue weighted by Crippen LogP contribution is -2.41. The van der Waals surface area contributed by atoms with E-state index < -0.39 is 17.5 Å². The van der Waals surface area contributed by atoms with Crippen molar-refractivity contribution in [2.24, 2.45) is 0 Å². The first-order valence-corrected chi connectivity index (χ1v) is 4.84. The third-order valence-electron chi connectivity index (χ3n) is 2.29. The van der Waals surface area contributed by atoms with Gasteiger partial charge in [-0.25, -0.2) is 4.79 Å². The maximum absolute atomic E-state index is 11.1. The molecule has 3 N–H and O–H groups in total. The van der Waals surface area contributed by atoms with Crippen molar-refractivity contribution in [2.75, 3.05) is 6.54 Å². The predicted octanol–water partition coefficient (Wildman–Crippen LogP) is 0.294. The topological polar surface area (TPSA) is 86.6 Å². The summed E-state index contributed by atoms with van der Waals surface area (Å²) in [6.07, 6.45) is 2.75. The van der Waals surface area contributed by atoms with Crippen LogP contribution in [0.15, 0.2) is 12.2 Å². The van der Waals surface area contributed by atoms with Crippen molar-refractivity contribution in [2.45, 2.75) is 32.3 Å². The summed E-state index contributed by atoms with van der Waals surface area (Å²) in [5.41, 5.74) is -0.910. The Labute approximate surface area is 88.8 Å². The Kier molecular flexibility index (Phi) is 5.62. The second kappa shape index (κ2) is 6.19. The van der Waals surface area contributed by atoms with Gasteiger partial charge in [0.1, 0.15) is 0 Å². The Morgan fingerprint density at radius 3 is 2.20 bits per heavy atom. The molecule has 0 aromatic heterocycles. The molecule has 5 heteroatoms. The summed E-state index contributed by atoms with van der Waals surface area (Å²) >= 11 is 0. The Morgan fingerprint density at radius 1 is 1.27 bits per heavy atom. The molecule has 0 aliphatic carbocycles. The van der Waals surface area contributed by atoms with Crippen molar-refractivity contribution in [1.82, 2.24) is 5.32 Å². The minimum Gasteiger partial charge on any atom is -0.478 e. The molecule has 0 aromatic rings. The van der Waals surface area contributed by atoms with Gasteiger partial charge in [-0.2, -0.15) is 0 Å². The highest BCUT2D eigenvalue weighted by molar-refractivity contribution is 5.93. The smallest absolute Gasteiger partial charge is 0.328 e. The predicted molar refractivity (Wildman–Crippen MR) is 55.3 cm³/mol. The van der Waals surface area contributed by atoms with Crippen LogP contribution in [0.3, 0.4) is 0 Å². The van der Waals surface area contributed by atoms with Crippen LogP contribution >= 0.6 is 0 Å². The van der Waals surface area contributed by atoms with E-state index in [2.05, 4.69) is 5.32 Å². The summed E-state index contributed by atoms with van der Waals surface area (Å²) < 4.78 is 0. The first kappa shape index (κ1) is 13.6. The first-order chi connectivity index (χ1) is 6.93. The highest BCUT2D eigenvalue weighted by Crippen LogP contribution is 2.12. The fraction of sp³-hybridized carbons (Fsp3) is 0.600. The van der Waals surface area contributed by atoms with Gasteiger partial charge in [0.25, 0.3) is 0 Å². The summed E-state index contributed by atoms with van der Waals surface area (Å²) in [6, 6.07) is 0. The van der Waals surface area contributed by atoms with Crippen molar-refractivity contribution in [3.05, 3.63) is 12.2 Å². The number of hydrogen-bond donors (Lipinski definition) is 3. The van der Waals surface area contributed by atoms with Gasteiger partial charge >= 0.3 is 5.97 Å². The zero-order valence-corrected chi connectivity index (χ0v) is 8.99. The van der Waals surface area contributed by atoms with Gasteiger partial charge in [0, 0.05) is 18.7 Å². The summed E-state index contributed by atoms with van der Waals surface area (Å²) in [4.78, 5) is 21.2. The zero-order valence-electron chi connectivity index (χ0n) is 8.99. The van der Waals surface area contributed by atoms with Crippen molar-refractivity contribution >= 4 is 11.9 Å². The number of carboxylic acid groups (broad SMARTS) is 1. The Bertz CT molecular complexity index is 256. The highest BCUT2D eigenvalue weighted by Gasteiger charge is 2.22. The summed E-state index contributed by atoms with van der Waals surface area (Å²) in [6.45, 7) is 3.77. The highest BCUT2D eigenvalue weighted by atomic mass is 16.4. The van der Waals surface area contributed by atoms with Gasteiger partial charge < -0.3 is 15.5 Å². The maximum atomic E-state index is 11.1. The number of aliphatic hydroxyl groups is 1. The van der Waals surface area contributed by atoms with E-state index >= 15 is 0 Å². The van der Waals surface area contributed by atoms with Gasteiger partial charge in [0.2, 0.25) is 5.91 Å². The van der Waals surface area contributed by atoms with Crippen molar-refractivity contribution < 1.29 is 19.8 Å². The molecular weight excluding hydrogens is 198 g/mol. The van der Waals surface area contributed by atoms with Crippen LogP contribution in [-0.2, 0) is 9.59 Å². The lowest BCUT2D eigenvalue weighted by molar-refractivity contribution is -0.131. The molecule has 0 saturated heterocycles. The van der Waals surface area contributed by atoms with E-state index in [4.69, 9.17) is 5.11 Å². The Hall–Kier alpha value is -1.36. The number of nitrogens with one attached hydrogen (secondary N) is 1. The molecule has 0 aliphatic rings. The van der Waals surface area contributed by atoms with Crippen LogP contribution in [-0.4, -0.2) is 34.2 Å². The van der Waals surface area contributed by atoms with Gasteiger partial charge in [0.05, 0.1) is 5.60 Å². The number of amides is 1. The van der Waals surface area contributed by atoms with Gasteiger partial charge in [-0.1, -0.05) is 13.8 Å². The van der Waals surface area contributed by atoms with Gasteiger partial charge in [0.15, 0.2) is 0 Å². The maximum Gasteiger partial charge on any atom is 0.328 e. The van der Waals surface area contributed by atoms with E-state index in [1.807, 2.05) is 13.8 Å². The standard InChI is InChI=1S/C10H17NO4/c1-3-10(15,4-2)7-11-8(12)5-6-9(13)14/h5-6,15H,3-4,7H2,1-2H3,(H,11,12)(H,13,14). The molecule has 0 atom stereocenters. The Balaban J connectivity index is 4.05. The molecule has 0 rings (SSSR count). The van der Waals surface area contributed by atoms with E-state index in [9.17, 15) is 14.7 Å². The lowest BCUT2D eigenvalue weighted by Gasteiger charge is -2.24. The average molecular weight is 215 g/mol. The molecule has 0 bridgehead atoms. The van der Waals surface area contributed by atoms with Gasteiger partial charge in [-0.05, 0) is 12.8 Å². The summed E-state index contributed by atoms with van der Waals surface area (Å²) in [5.74, 6) is -1.69. The van der Waals surface area contributed by atoms with E-state index in [-0.39, 0.29) is 6.54 Å². The van der Waals surface area contributed by atoms with Crippen molar-refractivity contribution in [1.29, 1.82) is 0 Å². The largest absolute Gasteiger partial charge is 0.478 e. The number of carbonyl (C=O) groups excluding carboxylic acids is 1. The molecule has 0 spiro atoms. The molecular formula is C10H17NO4. The molecule has 0 aromatic carbocycles. The molecule has 1 amide bonds. The number of carbonyl (C=O) groups is 2. The minimum absolute atomic E-state index is 0.128. The molecule has 0 fully saturated rings. The van der Waals surface area contributed by atoms with Crippen LogP contribution in [0.2, 0.25) is 0 Å². The second-order valence-electron chi connectivity index (χ2n) is 3.32. The normalized spacial score (nSPS) is 11.7. The van der Waals surface area contributed by atoms with Gasteiger partial charge in [-0.15, -0.1) is 0 Å². The fourth-order valence-electron chi connectivity index (χ4n) is 0.958. The first-order valence-electron chi connectivity index (χ1n) is 4.84. The monoisotopic (exact) mass is 215 g/mol. The lowest BCUT2D eigenvalue weighted by atomic mass is 9.98. The molecule has 0 aliphatic heterocycles. The van der Waals surface area contributed by atoms with Gasteiger partial charge in [-0.3, -0.25) is 4.79 Å². The van der Waals surface area contributed by atoms with Crippen LogP contribution in [0.4, 0.5) is 0 Å². The third kappa shape index (κ3) is 5.85. The molecule has 0 radical (unpaired) electrons. The number of carboxylic acids is 1. The van der Waals surface area contributed by atoms with Crippen LogP contribution in [0, 0.1) is 0 Å². The molecule has 0 unspecified atom stereocenters. The van der Waals surface area contributed by atoms with Crippen LogP contribution < -0.4 is 5.32 Å². The molecule has 86 valence electrons. The van der Waals surface area contributed by atoms with Crippen molar-refractivity contribution in [3.63, 3.8) is 0 Å². The van der Waals surface area contributed by atoms with Crippen LogP contribution in [0.5, 0.6) is 0 Å². The average Bonchev–Trinajstić information content (AvgIpc) is 2.23. The van der Waals surface area contributed by atoms with E-state index in [1.165, 1.54) is 0 Å². The number of aliphatic carboxylic acids is 1. The van der Waals surface area contributed by atoms with E-state index in [0.717, 1.165) is 12.2 Å². The molecule has 5 nitrogen and oxygen atoms in total. The second-order valence-corrected chi connectivity index (χ2v) is 3.32. The fourth-order valence-corrected chi connectivity index (χ4v) is 0.958. The van der Waals surface area contributed by atoms with E-state index in [0.29, 0.717) is 12.8 Å². The van der Waals surface area contributed by atoms with Crippen LogP contribution in [0.1, 0.15) is 26.7 Å². The minimum atomic E-state index is -1.17. The summed E-state index contributed by atoms with van der Waals surface area (Å²) in [5, 5.41) is 20.5.